The molecule has 1 saturated carbocycles. The van der Waals surface area contributed by atoms with Crippen LogP contribution in [0.4, 0.5) is 0 Å². The standard InChI is InChI=1S/C9H17NO/c11-8-10-9-6-4-2-1-3-5-7-9/h8-9H,1-7H2,(H,10,11). The van der Waals surface area contributed by atoms with Crippen molar-refractivity contribution in [2.75, 3.05) is 0 Å². The van der Waals surface area contributed by atoms with Crippen LogP contribution in [0.25, 0.3) is 0 Å². The topological polar surface area (TPSA) is 29.1 Å². The number of hydrogen-bond acceptors (Lipinski definition) is 1. The van der Waals surface area contributed by atoms with E-state index in [9.17, 15) is 4.79 Å². The van der Waals surface area contributed by atoms with E-state index in [0.717, 1.165) is 6.41 Å². The average molecular weight is 155 g/mol. The fourth-order valence-corrected chi connectivity index (χ4v) is 1.72. The van der Waals surface area contributed by atoms with Crippen molar-refractivity contribution in [2.45, 2.75) is 51.0 Å². The first-order chi connectivity index (χ1) is 5.43. The molecule has 0 atom stereocenters. The van der Waals surface area contributed by atoms with Gasteiger partial charge in [0.2, 0.25) is 6.41 Å². The molecule has 2 nitrogen and oxygen atoms in total. The third kappa shape index (κ3) is 3.40. The lowest BCUT2D eigenvalue weighted by Crippen LogP contribution is -2.28. The van der Waals surface area contributed by atoms with Crippen molar-refractivity contribution in [1.82, 2.24) is 5.32 Å². The first-order valence-electron chi connectivity index (χ1n) is 4.63. The van der Waals surface area contributed by atoms with Gasteiger partial charge in [0.1, 0.15) is 0 Å². The van der Waals surface area contributed by atoms with E-state index in [0.29, 0.717) is 6.04 Å². The second-order valence-corrected chi connectivity index (χ2v) is 3.33. The lowest BCUT2D eigenvalue weighted by Gasteiger charge is -2.18. The van der Waals surface area contributed by atoms with Crippen LogP contribution in [0, 0.1) is 0 Å². The van der Waals surface area contributed by atoms with E-state index in [4.69, 9.17) is 0 Å². The summed E-state index contributed by atoms with van der Waals surface area (Å²) in [5.41, 5.74) is 0. The van der Waals surface area contributed by atoms with E-state index < -0.39 is 0 Å². The van der Waals surface area contributed by atoms with Crippen molar-refractivity contribution in [3.05, 3.63) is 0 Å². The highest BCUT2D eigenvalue weighted by Gasteiger charge is 2.08. The zero-order chi connectivity index (χ0) is 7.94. The van der Waals surface area contributed by atoms with Gasteiger partial charge in [-0.15, -0.1) is 0 Å². The van der Waals surface area contributed by atoms with Gasteiger partial charge in [0.25, 0.3) is 0 Å². The molecular weight excluding hydrogens is 138 g/mol. The van der Waals surface area contributed by atoms with Crippen molar-refractivity contribution in [3.63, 3.8) is 0 Å². The zero-order valence-corrected chi connectivity index (χ0v) is 7.01. The third-order valence-electron chi connectivity index (χ3n) is 2.41. The van der Waals surface area contributed by atoms with Gasteiger partial charge in [-0.25, -0.2) is 0 Å². The number of rotatable bonds is 2. The maximum atomic E-state index is 10.2. The van der Waals surface area contributed by atoms with Crippen LogP contribution in [0.15, 0.2) is 0 Å². The number of hydrogen-bond donors (Lipinski definition) is 1. The van der Waals surface area contributed by atoms with Crippen molar-refractivity contribution in [3.8, 4) is 0 Å². The van der Waals surface area contributed by atoms with E-state index in [1.807, 2.05) is 0 Å². The Morgan fingerprint density at radius 1 is 1.00 bits per heavy atom. The number of amides is 1. The summed E-state index contributed by atoms with van der Waals surface area (Å²) in [7, 11) is 0. The maximum absolute atomic E-state index is 10.2. The fourth-order valence-electron chi connectivity index (χ4n) is 1.72. The number of carbonyl (C=O) groups excluding carboxylic acids is 1. The minimum Gasteiger partial charge on any atom is -0.356 e. The molecule has 1 fully saturated rings. The fraction of sp³-hybridized carbons (Fsp3) is 0.889. The van der Waals surface area contributed by atoms with E-state index in [-0.39, 0.29) is 0 Å². The molecule has 1 aliphatic carbocycles. The van der Waals surface area contributed by atoms with E-state index in [1.165, 1.54) is 44.9 Å². The van der Waals surface area contributed by atoms with Gasteiger partial charge in [0.05, 0.1) is 0 Å². The summed E-state index contributed by atoms with van der Waals surface area (Å²) in [6.07, 6.45) is 9.84. The van der Waals surface area contributed by atoms with Crippen molar-refractivity contribution in [2.24, 2.45) is 0 Å². The molecule has 1 rings (SSSR count). The quantitative estimate of drug-likeness (QED) is 0.606. The molecule has 1 amide bonds. The Labute approximate surface area is 68.4 Å². The summed E-state index contributed by atoms with van der Waals surface area (Å²) in [4.78, 5) is 10.2. The van der Waals surface area contributed by atoms with Gasteiger partial charge in [-0.1, -0.05) is 32.1 Å². The molecular formula is C9H17NO. The Morgan fingerprint density at radius 2 is 1.55 bits per heavy atom. The Morgan fingerprint density at radius 3 is 2.09 bits per heavy atom. The summed E-state index contributed by atoms with van der Waals surface area (Å²) in [5, 5.41) is 2.87. The number of carbonyl (C=O) groups is 1. The normalized spacial score (nSPS) is 21.8. The van der Waals surface area contributed by atoms with Gasteiger partial charge in [-0.05, 0) is 12.8 Å². The lowest BCUT2D eigenvalue weighted by atomic mass is 9.97. The predicted octanol–water partition coefficient (Wildman–Crippen LogP) is 1.85. The lowest BCUT2D eigenvalue weighted by molar-refractivity contribution is -0.110. The van der Waals surface area contributed by atoms with E-state index >= 15 is 0 Å². The van der Waals surface area contributed by atoms with Crippen LogP contribution in [-0.2, 0) is 4.79 Å². The molecule has 0 aromatic heterocycles. The summed E-state index contributed by atoms with van der Waals surface area (Å²) in [6, 6.07) is 0.466. The minimum absolute atomic E-state index is 0.466. The molecule has 0 aromatic rings. The number of nitrogens with one attached hydrogen (secondary N) is 1. The van der Waals surface area contributed by atoms with Gasteiger partial charge in [0.15, 0.2) is 0 Å². The SMILES string of the molecule is O=CNC1CCCCCCC1. The van der Waals surface area contributed by atoms with E-state index in [1.54, 1.807) is 0 Å². The highest BCUT2D eigenvalue weighted by Crippen LogP contribution is 2.16. The molecule has 0 spiro atoms. The Bertz CT molecular complexity index is 106. The summed E-state index contributed by atoms with van der Waals surface area (Å²) < 4.78 is 0. The van der Waals surface area contributed by atoms with Crippen molar-refractivity contribution < 1.29 is 4.79 Å². The molecule has 0 radical (unpaired) electrons. The average Bonchev–Trinajstić information content (AvgIpc) is 1.94. The second-order valence-electron chi connectivity index (χ2n) is 3.33. The molecule has 0 bridgehead atoms. The first kappa shape index (κ1) is 8.57. The largest absolute Gasteiger partial charge is 0.356 e. The summed E-state index contributed by atoms with van der Waals surface area (Å²) in [5.74, 6) is 0. The predicted molar refractivity (Wildman–Crippen MR) is 45.3 cm³/mol. The Kier molecular flexibility index (Phi) is 4.02. The van der Waals surface area contributed by atoms with Crippen LogP contribution in [0.5, 0.6) is 0 Å². The maximum Gasteiger partial charge on any atom is 0.207 e. The van der Waals surface area contributed by atoms with Crippen LogP contribution < -0.4 is 5.32 Å². The molecule has 0 aromatic carbocycles. The molecule has 64 valence electrons. The van der Waals surface area contributed by atoms with Gasteiger partial charge < -0.3 is 5.32 Å². The van der Waals surface area contributed by atoms with Crippen LogP contribution in [0.2, 0.25) is 0 Å². The van der Waals surface area contributed by atoms with Crippen LogP contribution >= 0.6 is 0 Å². The zero-order valence-electron chi connectivity index (χ0n) is 7.01. The van der Waals surface area contributed by atoms with Crippen LogP contribution in [0.3, 0.4) is 0 Å². The highest BCUT2D eigenvalue weighted by atomic mass is 16.1. The van der Waals surface area contributed by atoms with Crippen LogP contribution in [0.1, 0.15) is 44.9 Å². The Balaban J connectivity index is 2.20. The van der Waals surface area contributed by atoms with Gasteiger partial charge in [0, 0.05) is 6.04 Å². The molecule has 0 heterocycles. The molecule has 0 aliphatic heterocycles. The first-order valence-corrected chi connectivity index (χ1v) is 4.63. The van der Waals surface area contributed by atoms with Gasteiger partial charge in [-0.3, -0.25) is 4.79 Å². The minimum atomic E-state index is 0.466. The highest BCUT2D eigenvalue weighted by molar-refractivity contribution is 5.46. The Hall–Kier alpha value is -0.530. The monoisotopic (exact) mass is 155 g/mol. The van der Waals surface area contributed by atoms with Crippen molar-refractivity contribution in [1.29, 1.82) is 0 Å². The van der Waals surface area contributed by atoms with Crippen LogP contribution in [-0.4, -0.2) is 12.5 Å². The van der Waals surface area contributed by atoms with Gasteiger partial charge in [-0.2, -0.15) is 0 Å². The molecule has 0 saturated heterocycles. The molecule has 0 unspecified atom stereocenters. The molecule has 11 heavy (non-hydrogen) atoms. The third-order valence-corrected chi connectivity index (χ3v) is 2.41. The summed E-state index contributed by atoms with van der Waals surface area (Å²) >= 11 is 0. The molecule has 1 aliphatic rings. The van der Waals surface area contributed by atoms with Gasteiger partial charge >= 0.3 is 0 Å². The molecule has 1 N–H and O–H groups in total. The smallest absolute Gasteiger partial charge is 0.207 e. The van der Waals surface area contributed by atoms with Crippen molar-refractivity contribution >= 4 is 6.41 Å². The second kappa shape index (κ2) is 5.16. The summed E-state index contributed by atoms with van der Waals surface area (Å²) in [6.45, 7) is 0. The van der Waals surface area contributed by atoms with E-state index in [2.05, 4.69) is 5.32 Å². The molecule has 2 heteroatoms.